The first-order chi connectivity index (χ1) is 16.2. The number of hydrogen-bond donors (Lipinski definition) is 2. The van der Waals surface area contributed by atoms with Gasteiger partial charge in [0.05, 0.1) is 29.8 Å². The van der Waals surface area contributed by atoms with Crippen LogP contribution in [0.4, 0.5) is 9.52 Å². The number of imidazole rings is 1. The predicted molar refractivity (Wildman–Crippen MR) is 127 cm³/mol. The van der Waals surface area contributed by atoms with Gasteiger partial charge in [0.2, 0.25) is 0 Å². The summed E-state index contributed by atoms with van der Waals surface area (Å²) < 4.78 is 15.4. The Morgan fingerprint density at radius 2 is 2.12 bits per heavy atom. The summed E-state index contributed by atoms with van der Waals surface area (Å²) in [4.78, 5) is 14.5. The van der Waals surface area contributed by atoms with Crippen molar-refractivity contribution in [2.75, 3.05) is 18.4 Å². The number of nitriles is 1. The smallest absolute Gasteiger partial charge is 0.184 e. The molecule has 0 spiro atoms. The number of aryl methyl sites for hydroxylation is 1. The van der Waals surface area contributed by atoms with Crippen molar-refractivity contribution < 1.29 is 4.39 Å². The van der Waals surface area contributed by atoms with Gasteiger partial charge in [-0.15, -0.1) is 0 Å². The number of halogens is 1. The maximum atomic E-state index is 13.3. The molecule has 1 aromatic carbocycles. The van der Waals surface area contributed by atoms with Crippen molar-refractivity contribution >= 4 is 27.7 Å². The first kappa shape index (κ1) is 21.2. The highest BCUT2D eigenvalue weighted by Gasteiger charge is 2.17. The fraction of sp³-hybridized carbons (Fsp3) is 0.250. The molecule has 0 bridgehead atoms. The maximum absolute atomic E-state index is 13.3. The highest BCUT2D eigenvalue weighted by Crippen LogP contribution is 2.31. The third-order valence-corrected chi connectivity index (χ3v) is 6.59. The zero-order valence-electron chi connectivity index (χ0n) is 18.1. The second-order valence-electron chi connectivity index (χ2n) is 7.71. The molecule has 33 heavy (non-hydrogen) atoms. The lowest BCUT2D eigenvalue weighted by Gasteiger charge is -2.14. The molecule has 0 radical (unpaired) electrons. The summed E-state index contributed by atoms with van der Waals surface area (Å²) in [6.45, 7) is 4.40. The number of fused-ring (bicyclic) bond motifs is 1. The van der Waals surface area contributed by atoms with E-state index in [1.165, 1.54) is 29.0 Å². The van der Waals surface area contributed by atoms with Gasteiger partial charge in [-0.3, -0.25) is 9.38 Å². The molecule has 1 aliphatic rings. The van der Waals surface area contributed by atoms with Crippen molar-refractivity contribution in [3.63, 3.8) is 0 Å². The van der Waals surface area contributed by atoms with Crippen LogP contribution in [0.2, 0.25) is 0 Å². The molecule has 5 rings (SSSR count). The van der Waals surface area contributed by atoms with Gasteiger partial charge in [0.15, 0.2) is 10.8 Å². The second kappa shape index (κ2) is 9.10. The van der Waals surface area contributed by atoms with Crippen molar-refractivity contribution in [2.45, 2.75) is 26.3 Å². The lowest BCUT2D eigenvalue weighted by Crippen LogP contribution is -2.20. The molecule has 0 aliphatic carbocycles. The van der Waals surface area contributed by atoms with Crippen molar-refractivity contribution in [2.24, 2.45) is 0 Å². The number of thiazole rings is 1. The molecule has 0 saturated carbocycles. The summed E-state index contributed by atoms with van der Waals surface area (Å²) in [6, 6.07) is 8.23. The summed E-state index contributed by atoms with van der Waals surface area (Å²) in [7, 11) is 0. The van der Waals surface area contributed by atoms with Crippen LogP contribution in [0.15, 0.2) is 42.7 Å². The Morgan fingerprint density at radius 3 is 2.85 bits per heavy atom. The molecule has 9 heteroatoms. The number of nitrogens with one attached hydrogen (secondary N) is 2. The maximum Gasteiger partial charge on any atom is 0.184 e. The average molecular weight is 460 g/mol. The lowest BCUT2D eigenvalue weighted by atomic mass is 10.1. The van der Waals surface area contributed by atoms with Crippen LogP contribution in [0, 0.1) is 17.1 Å². The number of hydrogen-bond acceptors (Lipinski definition) is 7. The Bertz CT molecular complexity index is 1380. The summed E-state index contributed by atoms with van der Waals surface area (Å²) in [5.74, 6) is -0.320. The molecule has 166 valence electrons. The number of benzene rings is 1. The van der Waals surface area contributed by atoms with Crippen molar-refractivity contribution in [3.05, 3.63) is 70.5 Å². The van der Waals surface area contributed by atoms with Crippen molar-refractivity contribution in [1.29, 1.82) is 5.26 Å². The van der Waals surface area contributed by atoms with Crippen LogP contribution in [0.5, 0.6) is 0 Å². The van der Waals surface area contributed by atoms with E-state index in [1.807, 2.05) is 6.20 Å². The van der Waals surface area contributed by atoms with Crippen molar-refractivity contribution in [3.8, 4) is 17.3 Å². The number of anilines is 1. The summed E-state index contributed by atoms with van der Waals surface area (Å²) >= 11 is 1.29. The average Bonchev–Trinajstić information content (AvgIpc) is 3.44. The van der Waals surface area contributed by atoms with Gasteiger partial charge in [-0.2, -0.15) is 5.26 Å². The van der Waals surface area contributed by atoms with Gasteiger partial charge in [0.25, 0.3) is 0 Å². The number of nitrogens with zero attached hydrogens (tertiary/aromatic N) is 5. The van der Waals surface area contributed by atoms with Crippen LogP contribution in [0.25, 0.3) is 22.5 Å². The molecular formula is C24H22FN7S. The normalized spacial score (nSPS) is 13.7. The second-order valence-corrected chi connectivity index (χ2v) is 8.71. The topological polar surface area (TPSA) is 90.9 Å². The monoisotopic (exact) mass is 459 g/mol. The van der Waals surface area contributed by atoms with Crippen LogP contribution in [0.3, 0.4) is 0 Å². The Hall–Kier alpha value is -3.61. The Kier molecular flexibility index (Phi) is 5.86. The van der Waals surface area contributed by atoms with Gasteiger partial charge in [-0.05, 0) is 49.2 Å². The molecule has 0 fully saturated rings. The van der Waals surface area contributed by atoms with Gasteiger partial charge >= 0.3 is 0 Å². The molecule has 0 amide bonds. The third kappa shape index (κ3) is 4.23. The van der Waals surface area contributed by atoms with E-state index < -0.39 is 0 Å². The molecule has 3 aromatic heterocycles. The fourth-order valence-corrected chi connectivity index (χ4v) is 4.76. The van der Waals surface area contributed by atoms with Gasteiger partial charge < -0.3 is 10.6 Å². The van der Waals surface area contributed by atoms with E-state index in [2.05, 4.69) is 50.3 Å². The molecule has 0 unspecified atom stereocenters. The van der Waals surface area contributed by atoms with Crippen LogP contribution in [-0.4, -0.2) is 32.4 Å². The predicted octanol–water partition coefficient (Wildman–Crippen LogP) is 4.41. The summed E-state index contributed by atoms with van der Waals surface area (Å²) in [5, 5.41) is 16.9. The van der Waals surface area contributed by atoms with Gasteiger partial charge in [0.1, 0.15) is 22.5 Å². The van der Waals surface area contributed by atoms with E-state index in [-0.39, 0.29) is 5.82 Å². The fourth-order valence-electron chi connectivity index (χ4n) is 3.98. The molecule has 0 atom stereocenters. The SMILES string of the molecule is CCc1nc2cnc(C3=CCNCC3)cn2c1CNc1nc(-c2ccc(F)cc2)c(C#N)s1. The quantitative estimate of drug-likeness (QED) is 0.444. The van der Waals surface area contributed by atoms with Crippen molar-refractivity contribution in [1.82, 2.24) is 24.7 Å². The minimum Gasteiger partial charge on any atom is -0.356 e. The van der Waals surface area contributed by atoms with E-state index in [0.717, 1.165) is 48.7 Å². The minimum absolute atomic E-state index is 0.320. The molecule has 4 heterocycles. The summed E-state index contributed by atoms with van der Waals surface area (Å²) in [5.41, 5.74) is 6.33. The van der Waals surface area contributed by atoms with Gasteiger partial charge in [-0.25, -0.2) is 14.4 Å². The Balaban J connectivity index is 1.45. The molecule has 0 saturated heterocycles. The highest BCUT2D eigenvalue weighted by molar-refractivity contribution is 7.16. The van der Waals surface area contributed by atoms with E-state index in [0.29, 0.717) is 27.8 Å². The van der Waals surface area contributed by atoms with Crippen LogP contribution in [0.1, 0.15) is 35.3 Å². The molecule has 2 N–H and O–H groups in total. The van der Waals surface area contributed by atoms with Crippen LogP contribution < -0.4 is 10.6 Å². The lowest BCUT2D eigenvalue weighted by molar-refractivity contribution is 0.628. The Morgan fingerprint density at radius 1 is 1.27 bits per heavy atom. The molecule has 7 nitrogen and oxygen atoms in total. The van der Waals surface area contributed by atoms with E-state index in [1.54, 1.807) is 12.1 Å². The first-order valence-electron chi connectivity index (χ1n) is 10.8. The van der Waals surface area contributed by atoms with E-state index >= 15 is 0 Å². The standard InChI is InChI=1S/C24H22FN7S/c1-2-18-20(32-14-19(28-13-22(32)30-18)15-7-9-27-10-8-15)12-29-24-31-23(21(11-26)33-24)16-3-5-17(25)6-4-16/h3-7,13-14,27H,2,8-10,12H2,1H3,(H,29,31). The van der Waals surface area contributed by atoms with Gasteiger partial charge in [-0.1, -0.05) is 24.3 Å². The van der Waals surface area contributed by atoms with E-state index in [9.17, 15) is 9.65 Å². The zero-order chi connectivity index (χ0) is 22.8. The van der Waals surface area contributed by atoms with Crippen LogP contribution in [-0.2, 0) is 13.0 Å². The zero-order valence-corrected chi connectivity index (χ0v) is 18.9. The first-order valence-corrected chi connectivity index (χ1v) is 11.6. The number of rotatable bonds is 6. The number of aromatic nitrogens is 4. The molecule has 1 aliphatic heterocycles. The van der Waals surface area contributed by atoms with E-state index in [4.69, 9.17) is 4.98 Å². The van der Waals surface area contributed by atoms with Crippen LogP contribution >= 0.6 is 11.3 Å². The largest absolute Gasteiger partial charge is 0.356 e. The Labute approximate surface area is 194 Å². The molecular weight excluding hydrogens is 437 g/mol. The minimum atomic E-state index is -0.320. The third-order valence-electron chi connectivity index (χ3n) is 5.67. The van der Waals surface area contributed by atoms with Gasteiger partial charge in [0, 0.05) is 18.3 Å². The molecule has 4 aromatic rings. The highest BCUT2D eigenvalue weighted by atomic mass is 32.1. The summed E-state index contributed by atoms with van der Waals surface area (Å²) in [6.07, 6.45) is 7.81.